The summed E-state index contributed by atoms with van der Waals surface area (Å²) in [6.45, 7) is 4.05. The number of hydrogen-bond acceptors (Lipinski definition) is 3. The van der Waals surface area contributed by atoms with Gasteiger partial charge in [-0.1, -0.05) is 17.7 Å². The van der Waals surface area contributed by atoms with Crippen LogP contribution in [0.15, 0.2) is 30.3 Å². The van der Waals surface area contributed by atoms with Crippen LogP contribution in [0.25, 0.3) is 10.9 Å². The molecule has 1 amide bonds. The SMILES string of the molecule is COc1cc(OC)c(NC(=O)c2cc3c(C)cc(C)cc3[nH]2)cc1Cl. The maximum atomic E-state index is 12.6. The van der Waals surface area contributed by atoms with E-state index >= 15 is 0 Å². The van der Waals surface area contributed by atoms with Crippen molar-refractivity contribution in [3.63, 3.8) is 0 Å². The number of halogens is 1. The maximum absolute atomic E-state index is 12.6. The third-order valence-electron chi connectivity index (χ3n) is 4.06. The van der Waals surface area contributed by atoms with Crippen molar-refractivity contribution in [1.82, 2.24) is 4.98 Å². The topological polar surface area (TPSA) is 63.4 Å². The number of carbonyl (C=O) groups is 1. The second-order valence-electron chi connectivity index (χ2n) is 5.87. The molecule has 0 saturated carbocycles. The number of rotatable bonds is 4. The van der Waals surface area contributed by atoms with Crippen LogP contribution in [0.3, 0.4) is 0 Å². The van der Waals surface area contributed by atoms with E-state index in [2.05, 4.69) is 16.4 Å². The molecule has 0 bridgehead atoms. The molecule has 1 heterocycles. The molecule has 0 saturated heterocycles. The number of benzene rings is 2. The Balaban J connectivity index is 1.95. The van der Waals surface area contributed by atoms with Gasteiger partial charge in [0.1, 0.15) is 17.2 Å². The second-order valence-corrected chi connectivity index (χ2v) is 6.27. The van der Waals surface area contributed by atoms with Gasteiger partial charge in [0.05, 0.1) is 24.9 Å². The van der Waals surface area contributed by atoms with Gasteiger partial charge in [-0.05, 0) is 43.2 Å². The number of methoxy groups -OCH3 is 2. The number of hydrogen-bond donors (Lipinski definition) is 2. The first kappa shape index (κ1) is 17.2. The highest BCUT2D eigenvalue weighted by Crippen LogP contribution is 2.36. The van der Waals surface area contributed by atoms with E-state index < -0.39 is 0 Å². The molecule has 5 nitrogen and oxygen atoms in total. The Morgan fingerprint density at radius 3 is 2.44 bits per heavy atom. The Morgan fingerprint density at radius 2 is 1.76 bits per heavy atom. The van der Waals surface area contributed by atoms with Gasteiger partial charge in [-0.25, -0.2) is 0 Å². The van der Waals surface area contributed by atoms with Crippen LogP contribution >= 0.6 is 11.6 Å². The second kappa shape index (κ2) is 6.69. The summed E-state index contributed by atoms with van der Waals surface area (Å²) < 4.78 is 10.5. The first-order valence-electron chi connectivity index (χ1n) is 7.75. The normalized spacial score (nSPS) is 10.8. The number of H-pyrrole nitrogens is 1. The Morgan fingerprint density at radius 1 is 1.04 bits per heavy atom. The van der Waals surface area contributed by atoms with E-state index in [1.165, 1.54) is 14.2 Å². The highest BCUT2D eigenvalue weighted by molar-refractivity contribution is 6.32. The van der Waals surface area contributed by atoms with Gasteiger partial charge in [0.15, 0.2) is 0 Å². The van der Waals surface area contributed by atoms with Crippen molar-refractivity contribution in [3.8, 4) is 11.5 Å². The molecule has 25 heavy (non-hydrogen) atoms. The summed E-state index contributed by atoms with van der Waals surface area (Å²) in [6, 6.07) is 9.19. The van der Waals surface area contributed by atoms with Gasteiger partial charge >= 0.3 is 0 Å². The molecule has 2 aromatic carbocycles. The fourth-order valence-corrected chi connectivity index (χ4v) is 3.11. The molecule has 0 aliphatic carbocycles. The summed E-state index contributed by atoms with van der Waals surface area (Å²) in [5, 5.41) is 4.24. The van der Waals surface area contributed by atoms with Gasteiger partial charge in [-0.3, -0.25) is 4.79 Å². The number of aromatic amines is 1. The monoisotopic (exact) mass is 358 g/mol. The molecule has 0 aliphatic rings. The zero-order valence-corrected chi connectivity index (χ0v) is 15.2. The van der Waals surface area contributed by atoms with Crippen LogP contribution in [0.4, 0.5) is 5.69 Å². The Bertz CT molecular complexity index is 963. The molecule has 0 radical (unpaired) electrons. The Hall–Kier alpha value is -2.66. The fourth-order valence-electron chi connectivity index (χ4n) is 2.87. The Kier molecular flexibility index (Phi) is 4.59. The molecule has 0 spiro atoms. The van der Waals surface area contributed by atoms with E-state index in [4.69, 9.17) is 21.1 Å². The lowest BCUT2D eigenvalue weighted by Gasteiger charge is -2.12. The molecule has 130 valence electrons. The summed E-state index contributed by atoms with van der Waals surface area (Å²) in [5.74, 6) is 0.679. The molecular formula is C19H19ClN2O3. The number of anilines is 1. The molecule has 0 aliphatic heterocycles. The summed E-state index contributed by atoms with van der Waals surface area (Å²) in [7, 11) is 3.04. The van der Waals surface area contributed by atoms with Gasteiger partial charge < -0.3 is 19.8 Å². The lowest BCUT2D eigenvalue weighted by molar-refractivity contribution is 0.102. The van der Waals surface area contributed by atoms with E-state index in [9.17, 15) is 4.79 Å². The minimum absolute atomic E-state index is 0.271. The lowest BCUT2D eigenvalue weighted by Crippen LogP contribution is -2.13. The first-order chi connectivity index (χ1) is 11.9. The summed E-state index contributed by atoms with van der Waals surface area (Å²) in [4.78, 5) is 15.8. The van der Waals surface area contributed by atoms with E-state index in [0.717, 1.165) is 22.0 Å². The van der Waals surface area contributed by atoms with Crippen molar-refractivity contribution in [2.45, 2.75) is 13.8 Å². The van der Waals surface area contributed by atoms with Crippen molar-refractivity contribution >= 4 is 34.1 Å². The zero-order chi connectivity index (χ0) is 18.1. The van der Waals surface area contributed by atoms with E-state index in [1.807, 2.05) is 26.0 Å². The summed E-state index contributed by atoms with van der Waals surface area (Å²) in [6.07, 6.45) is 0. The molecule has 1 aromatic heterocycles. The number of amides is 1. The molecule has 3 rings (SSSR count). The van der Waals surface area contributed by atoms with E-state index in [-0.39, 0.29) is 5.91 Å². The van der Waals surface area contributed by atoms with Crippen molar-refractivity contribution in [2.24, 2.45) is 0 Å². The lowest BCUT2D eigenvalue weighted by atomic mass is 10.1. The van der Waals surface area contributed by atoms with Crippen LogP contribution in [0.5, 0.6) is 11.5 Å². The van der Waals surface area contributed by atoms with Crippen LogP contribution in [0.1, 0.15) is 21.6 Å². The van der Waals surface area contributed by atoms with Gasteiger partial charge in [-0.15, -0.1) is 0 Å². The molecular weight excluding hydrogens is 340 g/mol. The van der Waals surface area contributed by atoms with E-state index in [0.29, 0.717) is 27.9 Å². The molecule has 0 atom stereocenters. The maximum Gasteiger partial charge on any atom is 0.272 e. The number of carbonyl (C=O) groups excluding carboxylic acids is 1. The van der Waals surface area contributed by atoms with Gasteiger partial charge in [0.2, 0.25) is 0 Å². The quantitative estimate of drug-likeness (QED) is 0.710. The molecule has 3 aromatic rings. The third kappa shape index (κ3) is 3.28. The van der Waals surface area contributed by atoms with Crippen molar-refractivity contribution in [2.75, 3.05) is 19.5 Å². The highest BCUT2D eigenvalue weighted by Gasteiger charge is 2.16. The number of aromatic nitrogens is 1. The zero-order valence-electron chi connectivity index (χ0n) is 14.5. The number of ether oxygens (including phenoxy) is 2. The third-order valence-corrected chi connectivity index (χ3v) is 4.35. The van der Waals surface area contributed by atoms with Crippen molar-refractivity contribution in [1.29, 1.82) is 0 Å². The molecule has 0 unspecified atom stereocenters. The number of fused-ring (bicyclic) bond motifs is 1. The van der Waals surface area contributed by atoms with E-state index in [1.54, 1.807) is 12.1 Å². The predicted molar refractivity (Wildman–Crippen MR) is 100 cm³/mol. The minimum Gasteiger partial charge on any atom is -0.495 e. The van der Waals surface area contributed by atoms with Crippen molar-refractivity contribution < 1.29 is 14.3 Å². The summed E-state index contributed by atoms with van der Waals surface area (Å²) >= 11 is 6.15. The number of nitrogens with one attached hydrogen (secondary N) is 2. The average Bonchev–Trinajstić information content (AvgIpc) is 2.99. The van der Waals surface area contributed by atoms with Gasteiger partial charge in [0.25, 0.3) is 5.91 Å². The average molecular weight is 359 g/mol. The van der Waals surface area contributed by atoms with Crippen molar-refractivity contribution in [3.05, 3.63) is 52.2 Å². The van der Waals surface area contributed by atoms with Crippen LogP contribution in [-0.4, -0.2) is 25.1 Å². The van der Waals surface area contributed by atoms with Crippen LogP contribution < -0.4 is 14.8 Å². The highest BCUT2D eigenvalue weighted by atomic mass is 35.5. The first-order valence-corrected chi connectivity index (χ1v) is 8.13. The standard InChI is InChI=1S/C19H19ClN2O3/c1-10-5-11(2)12-7-16(21-14(12)6-10)19(23)22-15-8-13(20)17(24-3)9-18(15)25-4/h5-9,21H,1-4H3,(H,22,23). The van der Waals surface area contributed by atoms with Gasteiger partial charge in [0, 0.05) is 17.0 Å². The predicted octanol–water partition coefficient (Wildman–Crippen LogP) is 4.71. The smallest absolute Gasteiger partial charge is 0.272 e. The van der Waals surface area contributed by atoms with Gasteiger partial charge in [-0.2, -0.15) is 0 Å². The number of aryl methyl sites for hydroxylation is 2. The van der Waals surface area contributed by atoms with Crippen LogP contribution in [0.2, 0.25) is 5.02 Å². The fraction of sp³-hybridized carbons (Fsp3) is 0.211. The van der Waals surface area contributed by atoms with Crippen LogP contribution in [-0.2, 0) is 0 Å². The summed E-state index contributed by atoms with van der Waals surface area (Å²) in [5.41, 5.74) is 4.14. The molecule has 0 fully saturated rings. The largest absolute Gasteiger partial charge is 0.495 e. The molecule has 2 N–H and O–H groups in total. The minimum atomic E-state index is -0.271. The van der Waals surface area contributed by atoms with Crippen LogP contribution in [0, 0.1) is 13.8 Å². The Labute approximate surface area is 150 Å². The molecule has 6 heteroatoms.